The van der Waals surface area contributed by atoms with Crippen LogP contribution in [0.4, 0.5) is 17.1 Å². The van der Waals surface area contributed by atoms with Crippen molar-refractivity contribution in [1.29, 1.82) is 0 Å². The summed E-state index contributed by atoms with van der Waals surface area (Å²) in [5.41, 5.74) is 1.10. The Balaban J connectivity index is 2.16. The molecule has 2 amide bonds. The van der Waals surface area contributed by atoms with Gasteiger partial charge in [-0.25, -0.2) is 0 Å². The van der Waals surface area contributed by atoms with Gasteiger partial charge in [-0.3, -0.25) is 19.7 Å². The molecule has 2 aromatic carbocycles. The molecule has 0 bridgehead atoms. The number of nitrogens with one attached hydrogen (secondary N) is 3. The van der Waals surface area contributed by atoms with E-state index in [1.165, 1.54) is 18.2 Å². The minimum atomic E-state index is -0.554. The third-order valence-electron chi connectivity index (χ3n) is 4.47. The van der Waals surface area contributed by atoms with Gasteiger partial charge in [0.25, 0.3) is 17.5 Å². The molecule has 148 valence electrons. The number of benzene rings is 2. The second-order valence-electron chi connectivity index (χ2n) is 6.96. The predicted molar refractivity (Wildman–Crippen MR) is 109 cm³/mol. The highest BCUT2D eigenvalue weighted by Gasteiger charge is 2.19. The zero-order valence-electron chi connectivity index (χ0n) is 16.3. The Kier molecular flexibility index (Phi) is 6.35. The average Bonchev–Trinajstić information content (AvgIpc) is 2.67. The van der Waals surface area contributed by atoms with Gasteiger partial charge >= 0.3 is 0 Å². The molecule has 0 aliphatic carbocycles. The number of rotatable bonds is 7. The van der Waals surface area contributed by atoms with Crippen molar-refractivity contribution in [3.05, 3.63) is 63.7 Å². The maximum Gasteiger partial charge on any atom is 0.270 e. The molecule has 0 saturated carbocycles. The van der Waals surface area contributed by atoms with E-state index in [0.29, 0.717) is 16.9 Å². The average molecular weight is 384 g/mol. The zero-order valence-corrected chi connectivity index (χ0v) is 16.3. The summed E-state index contributed by atoms with van der Waals surface area (Å²) in [6.45, 7) is 5.88. The van der Waals surface area contributed by atoms with Crippen molar-refractivity contribution in [2.75, 3.05) is 17.7 Å². The Morgan fingerprint density at radius 1 is 1.07 bits per heavy atom. The summed E-state index contributed by atoms with van der Waals surface area (Å²) in [5, 5.41) is 19.4. The zero-order chi connectivity index (χ0) is 20.9. The maximum atomic E-state index is 12.6. The van der Waals surface area contributed by atoms with Gasteiger partial charge in [-0.2, -0.15) is 0 Å². The molecule has 0 aromatic heterocycles. The van der Waals surface area contributed by atoms with Gasteiger partial charge in [0, 0.05) is 41.7 Å². The lowest BCUT2D eigenvalue weighted by Crippen LogP contribution is -2.42. The smallest absolute Gasteiger partial charge is 0.270 e. The number of non-ortho nitro benzene ring substituents is 1. The summed E-state index contributed by atoms with van der Waals surface area (Å²) >= 11 is 0. The van der Waals surface area contributed by atoms with E-state index in [1.54, 1.807) is 31.3 Å². The third-order valence-corrected chi connectivity index (χ3v) is 4.47. The minimum absolute atomic E-state index is 0.156. The molecule has 3 N–H and O–H groups in total. The van der Waals surface area contributed by atoms with E-state index in [4.69, 9.17) is 0 Å². The summed E-state index contributed by atoms with van der Waals surface area (Å²) in [6, 6.07) is 10.5. The molecule has 0 aliphatic heterocycles. The topological polar surface area (TPSA) is 113 Å². The van der Waals surface area contributed by atoms with Crippen molar-refractivity contribution < 1.29 is 14.5 Å². The van der Waals surface area contributed by atoms with Crippen LogP contribution in [0.3, 0.4) is 0 Å². The van der Waals surface area contributed by atoms with Crippen LogP contribution >= 0.6 is 0 Å². The standard InChI is InChI=1S/C20H24N4O4/c1-5-20(2,3)23-18(25)13-6-8-14(9-7-13)22-19(26)16-12-15(24(27)28)10-11-17(16)21-4/h6-12,21H,5H2,1-4H3,(H,22,26)(H,23,25). The minimum Gasteiger partial charge on any atom is -0.387 e. The highest BCUT2D eigenvalue weighted by molar-refractivity contribution is 6.08. The molecule has 0 heterocycles. The first-order valence-corrected chi connectivity index (χ1v) is 8.87. The monoisotopic (exact) mass is 384 g/mol. The van der Waals surface area contributed by atoms with Gasteiger partial charge in [0.2, 0.25) is 0 Å². The number of nitro groups is 1. The van der Waals surface area contributed by atoms with Gasteiger partial charge in [0.15, 0.2) is 0 Å². The fourth-order valence-electron chi connectivity index (χ4n) is 2.42. The lowest BCUT2D eigenvalue weighted by molar-refractivity contribution is -0.384. The molecular formula is C20H24N4O4. The van der Waals surface area contributed by atoms with E-state index >= 15 is 0 Å². The largest absolute Gasteiger partial charge is 0.387 e. The van der Waals surface area contributed by atoms with Crippen LogP contribution in [0.5, 0.6) is 0 Å². The Morgan fingerprint density at radius 3 is 2.25 bits per heavy atom. The molecule has 0 atom stereocenters. The summed E-state index contributed by atoms with van der Waals surface area (Å²) in [4.78, 5) is 35.3. The molecule has 0 aliphatic rings. The molecule has 8 nitrogen and oxygen atoms in total. The van der Waals surface area contributed by atoms with E-state index < -0.39 is 10.8 Å². The van der Waals surface area contributed by atoms with Crippen molar-refractivity contribution in [3.63, 3.8) is 0 Å². The molecule has 0 fully saturated rings. The molecule has 0 radical (unpaired) electrons. The number of anilines is 2. The molecule has 8 heteroatoms. The van der Waals surface area contributed by atoms with E-state index in [2.05, 4.69) is 16.0 Å². The second-order valence-corrected chi connectivity index (χ2v) is 6.96. The van der Waals surface area contributed by atoms with Crippen molar-refractivity contribution in [1.82, 2.24) is 5.32 Å². The van der Waals surface area contributed by atoms with E-state index in [-0.39, 0.29) is 22.7 Å². The van der Waals surface area contributed by atoms with Gasteiger partial charge < -0.3 is 16.0 Å². The van der Waals surface area contributed by atoms with Gasteiger partial charge in [0.05, 0.1) is 10.5 Å². The lowest BCUT2D eigenvalue weighted by Gasteiger charge is -2.24. The fraction of sp³-hybridized carbons (Fsp3) is 0.300. The number of hydrogen-bond acceptors (Lipinski definition) is 5. The van der Waals surface area contributed by atoms with Crippen LogP contribution in [0.25, 0.3) is 0 Å². The van der Waals surface area contributed by atoms with Gasteiger partial charge in [-0.15, -0.1) is 0 Å². The van der Waals surface area contributed by atoms with Crippen LogP contribution in [-0.2, 0) is 0 Å². The second kappa shape index (κ2) is 8.51. The van der Waals surface area contributed by atoms with Crippen LogP contribution in [-0.4, -0.2) is 29.3 Å². The summed E-state index contributed by atoms with van der Waals surface area (Å²) in [7, 11) is 1.63. The van der Waals surface area contributed by atoms with Crippen molar-refractivity contribution in [2.24, 2.45) is 0 Å². The molecule has 0 saturated heterocycles. The van der Waals surface area contributed by atoms with E-state index in [0.717, 1.165) is 6.42 Å². The normalized spacial score (nSPS) is 10.9. The third kappa shape index (κ3) is 5.06. The number of carbonyl (C=O) groups excluding carboxylic acids is 2. The number of hydrogen-bond donors (Lipinski definition) is 3. The Hall–Kier alpha value is -3.42. The van der Waals surface area contributed by atoms with Gasteiger partial charge in [-0.05, 0) is 50.6 Å². The summed E-state index contributed by atoms with van der Waals surface area (Å²) in [6.07, 6.45) is 0.796. The van der Waals surface area contributed by atoms with Crippen molar-refractivity contribution >= 4 is 28.9 Å². The van der Waals surface area contributed by atoms with Crippen LogP contribution < -0.4 is 16.0 Å². The van der Waals surface area contributed by atoms with Crippen LogP contribution in [0.15, 0.2) is 42.5 Å². The first-order chi connectivity index (χ1) is 13.2. The first kappa shape index (κ1) is 20.9. The SMILES string of the molecule is CCC(C)(C)NC(=O)c1ccc(NC(=O)c2cc([N+](=O)[O-])ccc2NC)cc1. The summed E-state index contributed by atoms with van der Waals surface area (Å²) in [5.74, 6) is -0.682. The Labute approximate surface area is 163 Å². The number of amides is 2. The van der Waals surface area contributed by atoms with Crippen molar-refractivity contribution in [2.45, 2.75) is 32.7 Å². The Bertz CT molecular complexity index is 892. The molecule has 0 spiro atoms. The van der Waals surface area contributed by atoms with Crippen molar-refractivity contribution in [3.8, 4) is 0 Å². The summed E-state index contributed by atoms with van der Waals surface area (Å²) < 4.78 is 0. The molecule has 28 heavy (non-hydrogen) atoms. The predicted octanol–water partition coefficient (Wildman–Crippen LogP) is 3.81. The highest BCUT2D eigenvalue weighted by atomic mass is 16.6. The quantitative estimate of drug-likeness (QED) is 0.496. The molecule has 0 unspecified atom stereocenters. The van der Waals surface area contributed by atoms with Gasteiger partial charge in [-0.1, -0.05) is 6.92 Å². The lowest BCUT2D eigenvalue weighted by atomic mass is 10.0. The van der Waals surface area contributed by atoms with Gasteiger partial charge in [0.1, 0.15) is 0 Å². The highest BCUT2D eigenvalue weighted by Crippen LogP contribution is 2.23. The van der Waals surface area contributed by atoms with E-state index in [9.17, 15) is 19.7 Å². The molecular weight excluding hydrogens is 360 g/mol. The maximum absolute atomic E-state index is 12.6. The fourth-order valence-corrected chi connectivity index (χ4v) is 2.42. The number of carbonyl (C=O) groups is 2. The van der Waals surface area contributed by atoms with Crippen LogP contribution in [0, 0.1) is 10.1 Å². The molecule has 2 rings (SSSR count). The van der Waals surface area contributed by atoms with E-state index in [1.807, 2.05) is 20.8 Å². The number of nitro benzene ring substituents is 1. The van der Waals surface area contributed by atoms with Crippen LogP contribution in [0.1, 0.15) is 47.9 Å². The molecule has 2 aromatic rings. The van der Waals surface area contributed by atoms with Crippen LogP contribution in [0.2, 0.25) is 0 Å². The Morgan fingerprint density at radius 2 is 1.71 bits per heavy atom. The first-order valence-electron chi connectivity index (χ1n) is 8.87. The number of nitrogens with zero attached hydrogens (tertiary/aromatic N) is 1.